The molecule has 0 bridgehead atoms. The van der Waals surface area contributed by atoms with Gasteiger partial charge in [0.2, 0.25) is 0 Å². The van der Waals surface area contributed by atoms with Crippen LogP contribution in [0.25, 0.3) is 0 Å². The Morgan fingerprint density at radius 3 is 2.62 bits per heavy atom. The van der Waals surface area contributed by atoms with Crippen LogP contribution in [0.3, 0.4) is 0 Å². The summed E-state index contributed by atoms with van der Waals surface area (Å²) in [5.74, 6) is 0.872. The smallest absolute Gasteiger partial charge is 0.120 e. The second-order valence-corrected chi connectivity index (χ2v) is 5.10. The van der Waals surface area contributed by atoms with E-state index in [2.05, 4.69) is 67.5 Å². The van der Waals surface area contributed by atoms with E-state index in [9.17, 15) is 0 Å². The molecule has 0 heterocycles. The second-order valence-electron chi connectivity index (χ2n) is 5.10. The van der Waals surface area contributed by atoms with Crippen molar-refractivity contribution in [2.75, 3.05) is 25.6 Å². The van der Waals surface area contributed by atoms with Crippen LogP contribution >= 0.6 is 0 Å². The molecule has 1 N–H and O–H groups in total. The van der Waals surface area contributed by atoms with Gasteiger partial charge in [0, 0.05) is 30.5 Å². The molecule has 0 radical (unpaired) electrons. The van der Waals surface area contributed by atoms with E-state index in [1.165, 1.54) is 11.3 Å². The van der Waals surface area contributed by atoms with Crippen LogP contribution in [-0.2, 0) is 0 Å². The van der Waals surface area contributed by atoms with Gasteiger partial charge in [0.25, 0.3) is 0 Å². The molecule has 2 aromatic carbocycles. The molecular weight excluding hydrogens is 260 g/mol. The van der Waals surface area contributed by atoms with Gasteiger partial charge in [-0.05, 0) is 37.2 Å². The van der Waals surface area contributed by atoms with Crippen LogP contribution in [-0.4, -0.2) is 20.7 Å². The average Bonchev–Trinajstić information content (AvgIpc) is 2.54. The van der Waals surface area contributed by atoms with Crippen molar-refractivity contribution in [3.8, 4) is 5.75 Å². The van der Waals surface area contributed by atoms with Crippen LogP contribution in [0.4, 0.5) is 11.4 Å². The first kappa shape index (κ1) is 15.4. The van der Waals surface area contributed by atoms with Crippen molar-refractivity contribution < 1.29 is 4.74 Å². The summed E-state index contributed by atoms with van der Waals surface area (Å²) in [7, 11) is 3.78. The topological polar surface area (TPSA) is 24.5 Å². The van der Waals surface area contributed by atoms with Crippen molar-refractivity contribution in [1.29, 1.82) is 0 Å². The number of hydrogen-bond donors (Lipinski definition) is 1. The maximum atomic E-state index is 5.32. The van der Waals surface area contributed by atoms with E-state index in [1.54, 1.807) is 7.11 Å². The minimum absolute atomic E-state index is 0.319. The van der Waals surface area contributed by atoms with Crippen molar-refractivity contribution in [2.45, 2.75) is 19.9 Å². The van der Waals surface area contributed by atoms with Gasteiger partial charge in [0.05, 0.1) is 7.11 Å². The van der Waals surface area contributed by atoms with E-state index >= 15 is 0 Å². The molecule has 2 aromatic rings. The van der Waals surface area contributed by atoms with Gasteiger partial charge in [-0.2, -0.15) is 0 Å². The summed E-state index contributed by atoms with van der Waals surface area (Å²) in [6.45, 7) is 5.28. The van der Waals surface area contributed by atoms with Crippen molar-refractivity contribution in [1.82, 2.24) is 5.32 Å². The lowest BCUT2D eigenvalue weighted by Gasteiger charge is -2.26. The number of ether oxygens (including phenoxy) is 1. The molecule has 1 atom stereocenters. The van der Waals surface area contributed by atoms with Crippen molar-refractivity contribution in [3.63, 3.8) is 0 Å². The average molecular weight is 284 g/mol. The Morgan fingerprint density at radius 1 is 1.14 bits per heavy atom. The first-order chi connectivity index (χ1) is 10.2. The van der Waals surface area contributed by atoms with Crippen LogP contribution in [0.1, 0.15) is 25.5 Å². The Labute approximate surface area is 127 Å². The third-order valence-corrected chi connectivity index (χ3v) is 3.72. The normalized spacial score (nSPS) is 12.0. The van der Waals surface area contributed by atoms with Gasteiger partial charge in [-0.15, -0.1) is 0 Å². The van der Waals surface area contributed by atoms with Crippen molar-refractivity contribution in [3.05, 3.63) is 54.1 Å². The molecule has 0 spiro atoms. The number of rotatable bonds is 6. The van der Waals surface area contributed by atoms with Crippen LogP contribution < -0.4 is 15.0 Å². The first-order valence-electron chi connectivity index (χ1n) is 7.37. The molecule has 0 amide bonds. The predicted molar refractivity (Wildman–Crippen MR) is 89.6 cm³/mol. The minimum atomic E-state index is 0.319. The Kier molecular flexibility index (Phi) is 5.23. The van der Waals surface area contributed by atoms with E-state index < -0.39 is 0 Å². The van der Waals surface area contributed by atoms with Gasteiger partial charge in [-0.1, -0.05) is 31.2 Å². The van der Waals surface area contributed by atoms with Crippen LogP contribution in [0.15, 0.2) is 48.5 Å². The molecular formula is C18H24N2O. The summed E-state index contributed by atoms with van der Waals surface area (Å²) in [5, 5.41) is 3.48. The summed E-state index contributed by atoms with van der Waals surface area (Å²) in [4.78, 5) is 2.20. The van der Waals surface area contributed by atoms with E-state index in [4.69, 9.17) is 4.74 Å². The number of para-hydroxylation sites is 1. The largest absolute Gasteiger partial charge is 0.497 e. The number of anilines is 2. The molecule has 3 heteroatoms. The Hall–Kier alpha value is -2.00. The summed E-state index contributed by atoms with van der Waals surface area (Å²) in [6, 6.07) is 16.9. The van der Waals surface area contributed by atoms with Gasteiger partial charge in [-0.3, -0.25) is 0 Å². The van der Waals surface area contributed by atoms with E-state index in [-0.39, 0.29) is 0 Å². The molecule has 0 aliphatic carbocycles. The van der Waals surface area contributed by atoms with Gasteiger partial charge in [-0.25, -0.2) is 0 Å². The van der Waals surface area contributed by atoms with Gasteiger partial charge >= 0.3 is 0 Å². The summed E-state index contributed by atoms with van der Waals surface area (Å²) in [6.07, 6.45) is 0. The standard InChI is InChI=1S/C18H24N2O/c1-5-19-14(2)17-11-6-7-12-18(17)20(3)15-9-8-10-16(13-15)21-4/h6-14,19H,5H2,1-4H3. The quantitative estimate of drug-likeness (QED) is 0.863. The SMILES string of the molecule is CCNC(C)c1ccccc1N(C)c1cccc(OC)c1. The maximum Gasteiger partial charge on any atom is 0.120 e. The maximum absolute atomic E-state index is 5.32. The third-order valence-electron chi connectivity index (χ3n) is 3.72. The zero-order valence-corrected chi connectivity index (χ0v) is 13.3. The Morgan fingerprint density at radius 2 is 1.90 bits per heavy atom. The fourth-order valence-corrected chi connectivity index (χ4v) is 2.53. The monoisotopic (exact) mass is 284 g/mol. The zero-order valence-electron chi connectivity index (χ0n) is 13.3. The molecule has 2 rings (SSSR count). The number of nitrogens with zero attached hydrogens (tertiary/aromatic N) is 1. The lowest BCUT2D eigenvalue weighted by atomic mass is 10.0. The molecule has 0 aliphatic heterocycles. The number of methoxy groups -OCH3 is 1. The molecule has 21 heavy (non-hydrogen) atoms. The van der Waals surface area contributed by atoms with Crippen LogP contribution in [0, 0.1) is 0 Å². The molecule has 0 aliphatic rings. The lowest BCUT2D eigenvalue weighted by molar-refractivity contribution is 0.415. The van der Waals surface area contributed by atoms with E-state index in [0.717, 1.165) is 18.0 Å². The number of benzene rings is 2. The molecule has 0 fully saturated rings. The Balaban J connectivity index is 2.36. The fourth-order valence-electron chi connectivity index (χ4n) is 2.53. The molecule has 3 nitrogen and oxygen atoms in total. The Bertz CT molecular complexity index is 583. The molecule has 0 saturated carbocycles. The van der Waals surface area contributed by atoms with Gasteiger partial charge in [0.15, 0.2) is 0 Å². The highest BCUT2D eigenvalue weighted by Crippen LogP contribution is 2.32. The number of nitrogens with one attached hydrogen (secondary N) is 1. The molecule has 0 aromatic heterocycles. The minimum Gasteiger partial charge on any atom is -0.497 e. The highest BCUT2D eigenvalue weighted by Gasteiger charge is 2.13. The fraction of sp³-hybridized carbons (Fsp3) is 0.333. The highest BCUT2D eigenvalue weighted by molar-refractivity contribution is 5.67. The summed E-state index contributed by atoms with van der Waals surface area (Å²) in [5.41, 5.74) is 3.62. The molecule has 112 valence electrons. The van der Waals surface area contributed by atoms with E-state index in [0.29, 0.717) is 6.04 Å². The van der Waals surface area contributed by atoms with Crippen molar-refractivity contribution >= 4 is 11.4 Å². The van der Waals surface area contributed by atoms with Gasteiger partial charge in [0.1, 0.15) is 5.75 Å². The highest BCUT2D eigenvalue weighted by atomic mass is 16.5. The van der Waals surface area contributed by atoms with Crippen molar-refractivity contribution in [2.24, 2.45) is 0 Å². The summed E-state index contributed by atoms with van der Waals surface area (Å²) < 4.78 is 5.32. The first-order valence-corrected chi connectivity index (χ1v) is 7.37. The van der Waals surface area contributed by atoms with E-state index in [1.807, 2.05) is 12.1 Å². The second kappa shape index (κ2) is 7.14. The molecule has 0 saturated heterocycles. The third kappa shape index (κ3) is 3.56. The zero-order chi connectivity index (χ0) is 15.2. The van der Waals surface area contributed by atoms with Gasteiger partial charge < -0.3 is 15.0 Å². The summed E-state index contributed by atoms with van der Waals surface area (Å²) >= 11 is 0. The number of hydrogen-bond acceptors (Lipinski definition) is 3. The predicted octanol–water partition coefficient (Wildman–Crippen LogP) is 4.13. The lowest BCUT2D eigenvalue weighted by Crippen LogP contribution is -2.21. The van der Waals surface area contributed by atoms with Crippen LogP contribution in [0.2, 0.25) is 0 Å². The van der Waals surface area contributed by atoms with Crippen LogP contribution in [0.5, 0.6) is 5.75 Å². The molecule has 1 unspecified atom stereocenters.